The third-order valence-electron chi connectivity index (χ3n) is 3.55. The number of benzene rings is 1. The van der Waals surface area contributed by atoms with Crippen molar-refractivity contribution >= 4 is 5.69 Å². The van der Waals surface area contributed by atoms with Crippen LogP contribution in [0.3, 0.4) is 0 Å². The molecule has 0 fully saturated rings. The Labute approximate surface area is 118 Å². The van der Waals surface area contributed by atoms with Crippen LogP contribution < -0.4 is 4.90 Å². The van der Waals surface area contributed by atoms with E-state index in [2.05, 4.69) is 6.04 Å². The van der Waals surface area contributed by atoms with Gasteiger partial charge in [-0.2, -0.15) is 13.2 Å². The van der Waals surface area contributed by atoms with Crippen molar-refractivity contribution in [1.82, 2.24) is 0 Å². The Kier molecular flexibility index (Phi) is 3.62. The van der Waals surface area contributed by atoms with E-state index in [0.29, 0.717) is 0 Å². The lowest BCUT2D eigenvalue weighted by Crippen LogP contribution is -2.54. The third kappa shape index (κ3) is 2.05. The molecular formula is C14H12F5NO. The summed E-state index contributed by atoms with van der Waals surface area (Å²) in [4.78, 5) is 0.963. The molecule has 1 unspecified atom stereocenters. The van der Waals surface area contributed by atoms with Crippen LogP contribution in [-0.2, 0) is 10.3 Å². The number of terminal acetylenes is 1. The molecule has 1 heterocycles. The highest BCUT2D eigenvalue weighted by Gasteiger charge is 2.63. The summed E-state index contributed by atoms with van der Waals surface area (Å²) in [5.41, 5.74) is -4.06. The second-order valence-electron chi connectivity index (χ2n) is 4.97. The predicted molar refractivity (Wildman–Crippen MR) is 66.2 cm³/mol. The van der Waals surface area contributed by atoms with E-state index in [0.717, 1.165) is 17.0 Å². The zero-order valence-corrected chi connectivity index (χ0v) is 11.3. The van der Waals surface area contributed by atoms with Crippen molar-refractivity contribution in [3.63, 3.8) is 0 Å². The summed E-state index contributed by atoms with van der Waals surface area (Å²) >= 11 is 0. The molecule has 1 aliphatic rings. The smallest absolute Gasteiger partial charge is 0.339 e. The van der Waals surface area contributed by atoms with Crippen LogP contribution in [0.1, 0.15) is 19.4 Å². The highest BCUT2D eigenvalue weighted by Crippen LogP contribution is 2.53. The average molecular weight is 305 g/mol. The molecule has 0 saturated heterocycles. The van der Waals surface area contributed by atoms with Gasteiger partial charge in [-0.1, -0.05) is 20.3 Å². The molecule has 2 rings (SSSR count). The molecule has 0 radical (unpaired) electrons. The van der Waals surface area contributed by atoms with E-state index in [1.807, 2.05) is 0 Å². The number of halogens is 5. The number of nitrogens with zero attached hydrogens (tertiary/aromatic N) is 1. The normalized spacial score (nSPS) is 22.1. The van der Waals surface area contributed by atoms with Crippen molar-refractivity contribution in [2.45, 2.75) is 25.6 Å². The quantitative estimate of drug-likeness (QED) is 0.578. The molecule has 1 aromatic rings. The van der Waals surface area contributed by atoms with Gasteiger partial charge in [-0.15, -0.1) is 0 Å². The first-order valence-electron chi connectivity index (χ1n) is 6.09. The average Bonchev–Trinajstić information content (AvgIpc) is 2.39. The second-order valence-corrected chi connectivity index (χ2v) is 4.97. The maximum atomic E-state index is 14.1. The van der Waals surface area contributed by atoms with Crippen LogP contribution in [0.4, 0.5) is 27.6 Å². The van der Waals surface area contributed by atoms with Crippen LogP contribution >= 0.6 is 0 Å². The van der Waals surface area contributed by atoms with Gasteiger partial charge >= 0.3 is 6.18 Å². The van der Waals surface area contributed by atoms with Crippen LogP contribution in [0.2, 0.25) is 0 Å². The Morgan fingerprint density at radius 3 is 2.43 bits per heavy atom. The van der Waals surface area contributed by atoms with Crippen molar-refractivity contribution < 1.29 is 26.7 Å². The summed E-state index contributed by atoms with van der Waals surface area (Å²) < 4.78 is 73.3. The van der Waals surface area contributed by atoms with E-state index in [1.165, 1.54) is 13.8 Å². The van der Waals surface area contributed by atoms with Crippen LogP contribution in [0.25, 0.3) is 0 Å². The van der Waals surface area contributed by atoms with Gasteiger partial charge in [-0.05, 0) is 18.1 Å². The molecule has 1 aliphatic heterocycles. The number of ether oxygens (including phenoxy) is 1. The van der Waals surface area contributed by atoms with E-state index < -0.39 is 41.6 Å². The fourth-order valence-electron chi connectivity index (χ4n) is 2.54. The topological polar surface area (TPSA) is 12.5 Å². The maximum Gasteiger partial charge on any atom is 0.422 e. The number of hydrogen-bond acceptors (Lipinski definition) is 2. The second kappa shape index (κ2) is 4.88. The largest absolute Gasteiger partial charge is 0.422 e. The van der Waals surface area contributed by atoms with Gasteiger partial charge in [0.2, 0.25) is 0 Å². The lowest BCUT2D eigenvalue weighted by molar-refractivity contribution is -0.304. The van der Waals surface area contributed by atoms with Gasteiger partial charge < -0.3 is 4.74 Å². The van der Waals surface area contributed by atoms with Gasteiger partial charge in [0.25, 0.3) is 0 Å². The van der Waals surface area contributed by atoms with Crippen LogP contribution in [0.5, 0.6) is 0 Å². The Bertz CT molecular complexity index is 605. The van der Waals surface area contributed by atoms with Gasteiger partial charge in [-0.3, -0.25) is 4.90 Å². The van der Waals surface area contributed by atoms with Gasteiger partial charge in [0.1, 0.15) is 6.73 Å². The predicted octanol–water partition coefficient (Wildman–Crippen LogP) is 3.76. The molecule has 0 aromatic heterocycles. The molecular weight excluding hydrogens is 293 g/mol. The van der Waals surface area contributed by atoms with E-state index in [9.17, 15) is 22.0 Å². The summed E-state index contributed by atoms with van der Waals surface area (Å²) in [7, 11) is 0. The molecule has 0 bridgehead atoms. The zero-order valence-electron chi connectivity index (χ0n) is 11.3. The Balaban J connectivity index is 2.86. The first kappa shape index (κ1) is 15.6. The molecule has 0 saturated carbocycles. The molecule has 0 amide bonds. The molecule has 1 atom stereocenters. The summed E-state index contributed by atoms with van der Waals surface area (Å²) in [5.74, 6) is -4.16. The fraction of sp³-hybridized carbons (Fsp3) is 0.429. The third-order valence-corrected chi connectivity index (χ3v) is 3.55. The van der Waals surface area contributed by atoms with Crippen LogP contribution in [0, 0.1) is 30.0 Å². The standard InChI is InChI=1S/C14H12F5NO/c1-4-20-7-21-13(8(2)3,14(17,18)19)11-10(20)6-5-9(15)12(11)16/h1,5-6,8H,7H2,2-3H3. The van der Waals surface area contributed by atoms with Gasteiger partial charge in [0.05, 0.1) is 11.3 Å². The van der Waals surface area contributed by atoms with E-state index in [4.69, 9.17) is 11.2 Å². The Morgan fingerprint density at radius 1 is 1.33 bits per heavy atom. The van der Waals surface area contributed by atoms with E-state index in [1.54, 1.807) is 0 Å². The first-order valence-corrected chi connectivity index (χ1v) is 6.09. The SMILES string of the molecule is C#CN1COC(C(C)C)(C(F)(F)F)c2c1ccc(F)c2F. The summed E-state index contributed by atoms with van der Waals surface area (Å²) in [6.07, 6.45) is 0.253. The Hall–Kier alpha value is -1.81. The summed E-state index contributed by atoms with van der Waals surface area (Å²) in [6, 6.07) is 3.85. The maximum absolute atomic E-state index is 14.1. The molecule has 0 aliphatic carbocycles. The van der Waals surface area contributed by atoms with E-state index >= 15 is 0 Å². The summed E-state index contributed by atoms with van der Waals surface area (Å²) in [5, 5.41) is 0. The van der Waals surface area contributed by atoms with Gasteiger partial charge in [-0.25, -0.2) is 8.78 Å². The zero-order chi connectivity index (χ0) is 16.0. The lowest BCUT2D eigenvalue weighted by atomic mass is 9.80. The lowest BCUT2D eigenvalue weighted by Gasteiger charge is -2.45. The van der Waals surface area contributed by atoms with Crippen LogP contribution in [0.15, 0.2) is 12.1 Å². The minimum absolute atomic E-state index is 0.214. The molecule has 114 valence electrons. The molecule has 7 heteroatoms. The van der Waals surface area contributed by atoms with Crippen LogP contribution in [-0.4, -0.2) is 12.9 Å². The molecule has 2 nitrogen and oxygen atoms in total. The highest BCUT2D eigenvalue weighted by molar-refractivity contribution is 5.62. The van der Waals surface area contributed by atoms with Gasteiger partial charge in [0.15, 0.2) is 17.2 Å². The molecule has 0 N–H and O–H groups in total. The molecule has 21 heavy (non-hydrogen) atoms. The van der Waals surface area contributed by atoms with Crippen molar-refractivity contribution in [2.75, 3.05) is 11.6 Å². The molecule has 1 aromatic carbocycles. The number of fused-ring (bicyclic) bond motifs is 1. The monoisotopic (exact) mass is 305 g/mol. The van der Waals surface area contributed by atoms with Crippen molar-refractivity contribution in [3.05, 3.63) is 29.3 Å². The van der Waals surface area contributed by atoms with E-state index in [-0.39, 0.29) is 5.69 Å². The number of hydrogen-bond donors (Lipinski definition) is 0. The minimum atomic E-state index is -4.93. The highest BCUT2D eigenvalue weighted by atomic mass is 19.4. The summed E-state index contributed by atoms with van der Waals surface area (Å²) in [6.45, 7) is 1.90. The number of alkyl halides is 3. The minimum Gasteiger partial charge on any atom is -0.339 e. The fourth-order valence-corrected chi connectivity index (χ4v) is 2.54. The van der Waals surface area contributed by atoms with Gasteiger partial charge in [0, 0.05) is 6.04 Å². The number of anilines is 1. The van der Waals surface area contributed by atoms with Crippen molar-refractivity contribution in [3.8, 4) is 12.5 Å². The number of rotatable bonds is 1. The Morgan fingerprint density at radius 2 is 1.95 bits per heavy atom. The van der Waals surface area contributed by atoms with Crippen molar-refractivity contribution in [2.24, 2.45) is 5.92 Å². The first-order chi connectivity index (χ1) is 9.66. The molecule has 0 spiro atoms. The van der Waals surface area contributed by atoms with Crippen molar-refractivity contribution in [1.29, 1.82) is 0 Å².